The molecule has 2 heteroatoms. The number of hydrogen-bond acceptors (Lipinski definition) is 1. The van der Waals surface area contributed by atoms with Crippen LogP contribution in [-0.2, 0) is 4.79 Å². The van der Waals surface area contributed by atoms with Crippen molar-refractivity contribution in [2.45, 2.75) is 52.0 Å². The van der Waals surface area contributed by atoms with Crippen LogP contribution in [0, 0.1) is 12.8 Å². The van der Waals surface area contributed by atoms with Crippen LogP contribution in [0.2, 0.25) is 0 Å². The third-order valence-electron chi connectivity index (χ3n) is 4.44. The molecule has 1 aromatic rings. The van der Waals surface area contributed by atoms with Crippen LogP contribution >= 0.6 is 0 Å². The Labute approximate surface area is 116 Å². The maximum Gasteiger partial charge on any atom is 0.225 e. The van der Waals surface area contributed by atoms with Crippen molar-refractivity contribution in [3.8, 4) is 0 Å². The maximum atomic E-state index is 12.5. The summed E-state index contributed by atoms with van der Waals surface area (Å²) < 4.78 is 0. The van der Waals surface area contributed by atoms with Gasteiger partial charge in [-0.1, -0.05) is 49.1 Å². The van der Waals surface area contributed by atoms with Crippen LogP contribution in [0.4, 0.5) is 0 Å². The summed E-state index contributed by atoms with van der Waals surface area (Å²) >= 11 is 0. The summed E-state index contributed by atoms with van der Waals surface area (Å²) in [6.07, 6.45) is 5.86. The Morgan fingerprint density at radius 1 is 1.16 bits per heavy atom. The molecule has 0 heterocycles. The lowest BCUT2D eigenvalue weighted by molar-refractivity contribution is -0.137. The van der Waals surface area contributed by atoms with Crippen molar-refractivity contribution in [2.75, 3.05) is 7.05 Å². The van der Waals surface area contributed by atoms with Crippen LogP contribution < -0.4 is 0 Å². The van der Waals surface area contributed by atoms with Crippen molar-refractivity contribution in [2.24, 2.45) is 5.92 Å². The summed E-state index contributed by atoms with van der Waals surface area (Å²) in [7, 11) is 1.95. The molecule has 1 fully saturated rings. The largest absolute Gasteiger partial charge is 0.339 e. The first-order valence-corrected chi connectivity index (χ1v) is 7.43. The van der Waals surface area contributed by atoms with Crippen LogP contribution in [0.1, 0.15) is 56.2 Å². The number of aryl methyl sites for hydroxylation is 1. The monoisotopic (exact) mass is 259 g/mol. The van der Waals surface area contributed by atoms with Crippen molar-refractivity contribution in [1.82, 2.24) is 4.90 Å². The number of carbonyl (C=O) groups excluding carboxylic acids is 1. The first-order chi connectivity index (χ1) is 9.09. The molecule has 2 rings (SSSR count). The molecule has 0 bridgehead atoms. The van der Waals surface area contributed by atoms with Crippen LogP contribution in [0.5, 0.6) is 0 Å². The zero-order valence-electron chi connectivity index (χ0n) is 12.4. The van der Waals surface area contributed by atoms with Gasteiger partial charge in [-0.2, -0.15) is 0 Å². The SMILES string of the molecule is Cc1ccc([C@@H](C)N(C)C(=O)C2CCCCC2)cc1. The van der Waals surface area contributed by atoms with E-state index in [1.165, 1.54) is 30.4 Å². The minimum atomic E-state index is 0.162. The van der Waals surface area contributed by atoms with Crippen LogP contribution in [0.3, 0.4) is 0 Å². The number of hydrogen-bond donors (Lipinski definition) is 0. The van der Waals surface area contributed by atoms with Gasteiger partial charge < -0.3 is 4.90 Å². The average Bonchev–Trinajstić information content (AvgIpc) is 2.46. The van der Waals surface area contributed by atoms with Gasteiger partial charge in [0.15, 0.2) is 0 Å². The van der Waals surface area contributed by atoms with Gasteiger partial charge in [0.2, 0.25) is 5.91 Å². The molecule has 0 unspecified atom stereocenters. The smallest absolute Gasteiger partial charge is 0.225 e. The van der Waals surface area contributed by atoms with E-state index in [0.29, 0.717) is 5.91 Å². The van der Waals surface area contributed by atoms with Gasteiger partial charge in [-0.3, -0.25) is 4.79 Å². The summed E-state index contributed by atoms with van der Waals surface area (Å²) in [4.78, 5) is 14.4. The van der Waals surface area contributed by atoms with E-state index in [1.54, 1.807) is 0 Å². The zero-order valence-corrected chi connectivity index (χ0v) is 12.4. The lowest BCUT2D eigenvalue weighted by Crippen LogP contribution is -2.35. The van der Waals surface area contributed by atoms with Crippen LogP contribution in [0.25, 0.3) is 0 Å². The van der Waals surface area contributed by atoms with Gasteiger partial charge in [0.1, 0.15) is 0 Å². The molecule has 0 saturated heterocycles. The second-order valence-electron chi connectivity index (χ2n) is 5.87. The van der Waals surface area contributed by atoms with Gasteiger partial charge in [-0.05, 0) is 32.3 Å². The lowest BCUT2D eigenvalue weighted by Gasteiger charge is -2.31. The summed E-state index contributed by atoms with van der Waals surface area (Å²) in [6.45, 7) is 4.21. The highest BCUT2D eigenvalue weighted by Gasteiger charge is 2.26. The summed E-state index contributed by atoms with van der Waals surface area (Å²) in [5.74, 6) is 0.583. The fourth-order valence-corrected chi connectivity index (χ4v) is 2.90. The fourth-order valence-electron chi connectivity index (χ4n) is 2.90. The Kier molecular flexibility index (Phi) is 4.62. The minimum absolute atomic E-state index is 0.162. The second kappa shape index (κ2) is 6.23. The van der Waals surface area contributed by atoms with Crippen molar-refractivity contribution >= 4 is 5.91 Å². The highest BCUT2D eigenvalue weighted by atomic mass is 16.2. The molecule has 1 aliphatic carbocycles. The van der Waals surface area contributed by atoms with E-state index >= 15 is 0 Å². The zero-order chi connectivity index (χ0) is 13.8. The quantitative estimate of drug-likeness (QED) is 0.800. The van der Waals surface area contributed by atoms with Crippen molar-refractivity contribution in [3.63, 3.8) is 0 Å². The third-order valence-corrected chi connectivity index (χ3v) is 4.44. The molecule has 2 nitrogen and oxygen atoms in total. The Bertz CT molecular complexity index is 417. The Morgan fingerprint density at radius 2 is 1.74 bits per heavy atom. The summed E-state index contributed by atoms with van der Waals surface area (Å²) in [5.41, 5.74) is 2.48. The highest BCUT2D eigenvalue weighted by molar-refractivity contribution is 5.79. The minimum Gasteiger partial charge on any atom is -0.339 e. The molecule has 0 radical (unpaired) electrons. The Morgan fingerprint density at radius 3 is 2.32 bits per heavy atom. The number of amides is 1. The van der Waals surface area contributed by atoms with Gasteiger partial charge in [-0.15, -0.1) is 0 Å². The molecule has 0 spiro atoms. The van der Waals surface area contributed by atoms with Gasteiger partial charge in [-0.25, -0.2) is 0 Å². The molecule has 0 N–H and O–H groups in total. The predicted molar refractivity (Wildman–Crippen MR) is 78.9 cm³/mol. The summed E-state index contributed by atoms with van der Waals surface area (Å²) in [5, 5.41) is 0. The van der Waals surface area contributed by atoms with Gasteiger partial charge in [0.05, 0.1) is 6.04 Å². The van der Waals surface area contributed by atoms with E-state index in [2.05, 4.69) is 38.1 Å². The molecule has 0 aliphatic heterocycles. The fraction of sp³-hybridized carbons (Fsp3) is 0.588. The van der Waals surface area contributed by atoms with Crippen molar-refractivity contribution in [3.05, 3.63) is 35.4 Å². The topological polar surface area (TPSA) is 20.3 Å². The van der Waals surface area contributed by atoms with E-state index in [4.69, 9.17) is 0 Å². The van der Waals surface area contributed by atoms with Gasteiger partial charge in [0.25, 0.3) is 0 Å². The average molecular weight is 259 g/mol. The molecule has 1 aliphatic rings. The molecule has 0 aromatic heterocycles. The first-order valence-electron chi connectivity index (χ1n) is 7.43. The molecule has 1 saturated carbocycles. The second-order valence-corrected chi connectivity index (χ2v) is 5.87. The number of benzene rings is 1. The van der Waals surface area contributed by atoms with Gasteiger partial charge >= 0.3 is 0 Å². The van der Waals surface area contributed by atoms with E-state index in [0.717, 1.165) is 12.8 Å². The molecule has 19 heavy (non-hydrogen) atoms. The van der Waals surface area contributed by atoms with Crippen LogP contribution in [0.15, 0.2) is 24.3 Å². The van der Waals surface area contributed by atoms with Crippen LogP contribution in [-0.4, -0.2) is 17.9 Å². The molecular formula is C17H25NO. The number of rotatable bonds is 3. The number of carbonyl (C=O) groups is 1. The molecule has 104 valence electrons. The maximum absolute atomic E-state index is 12.5. The normalized spacial score (nSPS) is 18.1. The molecular weight excluding hydrogens is 234 g/mol. The van der Waals surface area contributed by atoms with E-state index in [9.17, 15) is 4.79 Å². The standard InChI is InChI=1S/C17H25NO/c1-13-9-11-15(12-10-13)14(2)18(3)17(19)16-7-5-4-6-8-16/h9-12,14,16H,4-8H2,1-3H3/t14-/m1/s1. The summed E-state index contributed by atoms with van der Waals surface area (Å²) in [6, 6.07) is 8.65. The number of nitrogens with zero attached hydrogens (tertiary/aromatic N) is 1. The van der Waals surface area contributed by atoms with E-state index in [1.807, 2.05) is 11.9 Å². The van der Waals surface area contributed by atoms with Crippen molar-refractivity contribution in [1.29, 1.82) is 0 Å². The van der Waals surface area contributed by atoms with E-state index in [-0.39, 0.29) is 12.0 Å². The lowest BCUT2D eigenvalue weighted by atomic mass is 9.88. The Hall–Kier alpha value is -1.31. The third kappa shape index (κ3) is 3.37. The van der Waals surface area contributed by atoms with Crippen molar-refractivity contribution < 1.29 is 4.79 Å². The highest BCUT2D eigenvalue weighted by Crippen LogP contribution is 2.28. The Balaban J connectivity index is 2.03. The first kappa shape index (κ1) is 14.1. The molecule has 1 amide bonds. The predicted octanol–water partition coefficient (Wildman–Crippen LogP) is 4.09. The van der Waals surface area contributed by atoms with E-state index < -0.39 is 0 Å². The molecule has 1 atom stereocenters. The molecule has 1 aromatic carbocycles. The van der Waals surface area contributed by atoms with Gasteiger partial charge in [0, 0.05) is 13.0 Å².